The Labute approximate surface area is 114 Å². The third-order valence-electron chi connectivity index (χ3n) is 2.58. The molecule has 2 rings (SSSR count). The van der Waals surface area contributed by atoms with Crippen molar-refractivity contribution in [1.82, 2.24) is 0 Å². The predicted octanol–water partition coefficient (Wildman–Crippen LogP) is 2.84. The Morgan fingerprint density at radius 1 is 1.35 bits per heavy atom. The molecule has 0 amide bonds. The molecule has 1 heterocycles. The summed E-state index contributed by atoms with van der Waals surface area (Å²) >= 11 is 1.97. The summed E-state index contributed by atoms with van der Waals surface area (Å²) in [7, 11) is 0. The third-order valence-corrected chi connectivity index (χ3v) is 3.36. The largest absolute Gasteiger partial charge is 0.494 e. The van der Waals surface area contributed by atoms with E-state index in [1.807, 2.05) is 59.8 Å². The highest BCUT2D eigenvalue weighted by Crippen LogP contribution is 2.22. The number of ketones is 1. The van der Waals surface area contributed by atoms with Gasteiger partial charge in [-0.2, -0.15) is 0 Å². The monoisotopic (exact) mass is 344 g/mol. The minimum atomic E-state index is -0.507. The highest BCUT2D eigenvalue weighted by atomic mass is 127. The molecular weight excluding hydrogens is 331 g/mol. The van der Waals surface area contributed by atoms with Crippen LogP contribution in [0.1, 0.15) is 12.5 Å². The average Bonchev–Trinajstić information content (AvgIpc) is 2.35. The summed E-state index contributed by atoms with van der Waals surface area (Å²) in [5, 5.41) is 0. The summed E-state index contributed by atoms with van der Waals surface area (Å²) in [4.78, 5) is 11.9. The van der Waals surface area contributed by atoms with Gasteiger partial charge in [0.05, 0.1) is 10.2 Å². The fourth-order valence-corrected chi connectivity index (χ4v) is 2.07. The molecule has 0 radical (unpaired) electrons. The van der Waals surface area contributed by atoms with Gasteiger partial charge in [0.1, 0.15) is 12.4 Å². The molecule has 4 heteroatoms. The van der Waals surface area contributed by atoms with Crippen molar-refractivity contribution in [2.24, 2.45) is 0 Å². The van der Waals surface area contributed by atoms with E-state index >= 15 is 0 Å². The number of Topliss-reactive ketones (excluding diaryl/α,β-unsaturated/α-hetero) is 1. The van der Waals surface area contributed by atoms with Crippen LogP contribution in [0.25, 0.3) is 0 Å². The van der Waals surface area contributed by atoms with Gasteiger partial charge in [0.15, 0.2) is 6.10 Å². The third kappa shape index (κ3) is 3.07. The molecule has 0 fully saturated rings. The second-order valence-corrected chi connectivity index (χ2v) is 5.05. The Bertz CT molecular complexity index is 428. The maximum Gasteiger partial charge on any atom is 0.204 e. The Kier molecular flexibility index (Phi) is 4.17. The number of carbonyl (C=O) groups is 1. The van der Waals surface area contributed by atoms with Gasteiger partial charge in [0, 0.05) is 0 Å². The summed E-state index contributed by atoms with van der Waals surface area (Å²) in [5.41, 5.74) is 1.05. The molecule has 0 N–H and O–H groups in total. The molecule has 0 saturated heterocycles. The number of rotatable bonds is 3. The maximum absolute atomic E-state index is 11.9. The fraction of sp³-hybridized carbons (Fsp3) is 0.308. The number of ether oxygens (including phenoxy) is 2. The second kappa shape index (κ2) is 5.64. The average molecular weight is 344 g/mol. The number of hydrogen-bond acceptors (Lipinski definition) is 3. The number of halogens is 1. The van der Waals surface area contributed by atoms with Crippen molar-refractivity contribution >= 4 is 28.4 Å². The first-order chi connectivity index (χ1) is 8.18. The highest BCUT2D eigenvalue weighted by molar-refractivity contribution is 14.1. The van der Waals surface area contributed by atoms with Gasteiger partial charge < -0.3 is 9.47 Å². The lowest BCUT2D eigenvalue weighted by molar-refractivity contribution is -0.137. The molecule has 1 aliphatic heterocycles. The molecule has 0 bridgehead atoms. The summed E-state index contributed by atoms with van der Waals surface area (Å²) in [6.45, 7) is 2.27. The molecule has 90 valence electrons. The fourth-order valence-electron chi connectivity index (χ4n) is 1.62. The topological polar surface area (TPSA) is 35.5 Å². The minimum absolute atomic E-state index is 0.000260. The van der Waals surface area contributed by atoms with E-state index in [1.54, 1.807) is 0 Å². The van der Waals surface area contributed by atoms with Crippen molar-refractivity contribution in [3.63, 3.8) is 0 Å². The number of hydrogen-bond donors (Lipinski definition) is 0. The van der Waals surface area contributed by atoms with Gasteiger partial charge >= 0.3 is 0 Å². The lowest BCUT2D eigenvalue weighted by Crippen LogP contribution is -2.38. The quantitative estimate of drug-likeness (QED) is 0.791. The van der Waals surface area contributed by atoms with E-state index in [0.717, 1.165) is 5.56 Å². The molecule has 2 atom stereocenters. The molecule has 0 spiro atoms. The summed E-state index contributed by atoms with van der Waals surface area (Å²) in [6, 6.07) is 9.79. The van der Waals surface area contributed by atoms with Crippen LogP contribution in [0.2, 0.25) is 0 Å². The van der Waals surface area contributed by atoms with Gasteiger partial charge in [-0.3, -0.25) is 4.79 Å². The van der Waals surface area contributed by atoms with Crippen LogP contribution in [0, 0.1) is 0 Å². The van der Waals surface area contributed by atoms with E-state index in [2.05, 4.69) is 0 Å². The van der Waals surface area contributed by atoms with E-state index in [1.165, 1.54) is 6.26 Å². The Morgan fingerprint density at radius 3 is 2.76 bits per heavy atom. The normalized spacial score (nSPS) is 24.1. The van der Waals surface area contributed by atoms with E-state index in [9.17, 15) is 4.79 Å². The van der Waals surface area contributed by atoms with Crippen LogP contribution in [0.15, 0.2) is 40.2 Å². The van der Waals surface area contributed by atoms with E-state index in [-0.39, 0.29) is 11.9 Å². The zero-order valence-electron chi connectivity index (χ0n) is 9.43. The minimum Gasteiger partial charge on any atom is -0.494 e. The van der Waals surface area contributed by atoms with Crippen LogP contribution in [0.3, 0.4) is 0 Å². The van der Waals surface area contributed by atoms with Crippen molar-refractivity contribution in [3.8, 4) is 0 Å². The molecule has 3 nitrogen and oxygen atoms in total. The van der Waals surface area contributed by atoms with Crippen LogP contribution in [0.4, 0.5) is 0 Å². The van der Waals surface area contributed by atoms with Gasteiger partial charge in [0.25, 0.3) is 0 Å². The second-order valence-electron chi connectivity index (χ2n) is 3.89. The molecule has 0 aliphatic carbocycles. The van der Waals surface area contributed by atoms with Crippen molar-refractivity contribution in [2.75, 3.05) is 0 Å². The van der Waals surface area contributed by atoms with Crippen molar-refractivity contribution < 1.29 is 14.3 Å². The van der Waals surface area contributed by atoms with Crippen LogP contribution >= 0.6 is 22.6 Å². The Balaban J connectivity index is 1.99. The highest BCUT2D eigenvalue weighted by Gasteiger charge is 2.32. The predicted molar refractivity (Wildman–Crippen MR) is 72.7 cm³/mol. The van der Waals surface area contributed by atoms with Gasteiger partial charge in [-0.1, -0.05) is 30.3 Å². The molecule has 1 aliphatic rings. The van der Waals surface area contributed by atoms with Crippen molar-refractivity contribution in [3.05, 3.63) is 45.7 Å². The molecule has 0 aromatic heterocycles. The molecule has 1 aromatic rings. The molecule has 0 unspecified atom stereocenters. The van der Waals surface area contributed by atoms with Crippen LogP contribution in [-0.2, 0) is 20.9 Å². The SMILES string of the molecule is C[C@@H]1OC=C(I)C(=O)[C@H]1OCc1ccccc1. The molecule has 0 saturated carbocycles. The zero-order valence-corrected chi connectivity index (χ0v) is 11.6. The van der Waals surface area contributed by atoms with Crippen molar-refractivity contribution in [2.45, 2.75) is 25.7 Å². The smallest absolute Gasteiger partial charge is 0.204 e. The van der Waals surface area contributed by atoms with Crippen molar-refractivity contribution in [1.29, 1.82) is 0 Å². The summed E-state index contributed by atoms with van der Waals surface area (Å²) < 4.78 is 11.6. The molecular formula is C13H13IO3. The van der Waals surface area contributed by atoms with Crippen LogP contribution in [0.5, 0.6) is 0 Å². The Morgan fingerprint density at radius 2 is 2.06 bits per heavy atom. The molecule has 1 aromatic carbocycles. The van der Waals surface area contributed by atoms with Gasteiger partial charge in [-0.15, -0.1) is 0 Å². The number of benzene rings is 1. The maximum atomic E-state index is 11.9. The summed E-state index contributed by atoms with van der Waals surface area (Å²) in [6.07, 6.45) is 0.757. The van der Waals surface area contributed by atoms with Gasteiger partial charge in [-0.25, -0.2) is 0 Å². The lowest BCUT2D eigenvalue weighted by atomic mass is 10.1. The van der Waals surface area contributed by atoms with E-state index < -0.39 is 6.10 Å². The van der Waals surface area contributed by atoms with Gasteiger partial charge in [0.2, 0.25) is 5.78 Å². The van der Waals surface area contributed by atoms with Gasteiger partial charge in [-0.05, 0) is 35.1 Å². The Hall–Kier alpha value is -0.880. The first kappa shape index (κ1) is 12.6. The first-order valence-electron chi connectivity index (χ1n) is 5.39. The van der Waals surface area contributed by atoms with E-state index in [0.29, 0.717) is 10.2 Å². The summed E-state index contributed by atoms with van der Waals surface area (Å²) in [5.74, 6) is 0.000260. The number of carbonyl (C=O) groups excluding carboxylic acids is 1. The lowest BCUT2D eigenvalue weighted by Gasteiger charge is -2.26. The van der Waals surface area contributed by atoms with Crippen LogP contribution < -0.4 is 0 Å². The first-order valence-corrected chi connectivity index (χ1v) is 6.47. The van der Waals surface area contributed by atoms with E-state index in [4.69, 9.17) is 9.47 Å². The standard InChI is InChI=1S/C13H13IO3/c1-9-13(12(15)11(14)8-16-9)17-7-10-5-3-2-4-6-10/h2-6,8-9,13H,7H2,1H3/t9-,13-/m0/s1. The van der Waals surface area contributed by atoms with Crippen LogP contribution in [-0.4, -0.2) is 18.0 Å². The zero-order chi connectivity index (χ0) is 12.3. The molecule has 17 heavy (non-hydrogen) atoms.